The summed E-state index contributed by atoms with van der Waals surface area (Å²) in [5.41, 5.74) is 6.97. The highest BCUT2D eigenvalue weighted by atomic mass is 32.2. The summed E-state index contributed by atoms with van der Waals surface area (Å²) in [4.78, 5) is 4.55. The SMILES string of the molecule is NCc1ccnc(SCC2CC(C3CCCCC3)CN(SN3CCS(=O)CC3)C2)c1. The molecule has 2 saturated heterocycles. The third-order valence-corrected chi connectivity index (χ3v) is 10.3. The van der Waals surface area contributed by atoms with Crippen molar-refractivity contribution in [3.05, 3.63) is 23.9 Å². The van der Waals surface area contributed by atoms with E-state index in [1.54, 1.807) is 0 Å². The number of thioether (sulfide) groups is 1. The molecule has 0 spiro atoms. The topological polar surface area (TPSA) is 62.5 Å². The van der Waals surface area contributed by atoms with Gasteiger partial charge in [0.25, 0.3) is 0 Å². The maximum Gasteiger partial charge on any atom is 0.0963 e. The second-order valence-electron chi connectivity index (χ2n) is 8.98. The molecule has 0 radical (unpaired) electrons. The number of rotatable bonds is 7. The van der Waals surface area contributed by atoms with Crippen LogP contribution < -0.4 is 5.73 Å². The summed E-state index contributed by atoms with van der Waals surface area (Å²) in [5, 5.41) is 1.11. The zero-order valence-electron chi connectivity index (χ0n) is 17.9. The molecule has 3 heterocycles. The molecule has 2 aliphatic heterocycles. The van der Waals surface area contributed by atoms with Crippen LogP contribution in [0.2, 0.25) is 0 Å². The summed E-state index contributed by atoms with van der Waals surface area (Å²) in [6, 6.07) is 4.15. The molecular weight excluding hydrogens is 432 g/mol. The molecule has 0 aromatic carbocycles. The van der Waals surface area contributed by atoms with Crippen molar-refractivity contribution in [2.75, 3.05) is 43.4 Å². The molecule has 1 aromatic rings. The van der Waals surface area contributed by atoms with Crippen molar-refractivity contribution >= 4 is 34.7 Å². The number of pyridine rings is 1. The van der Waals surface area contributed by atoms with E-state index < -0.39 is 10.8 Å². The molecule has 4 rings (SSSR count). The highest BCUT2D eigenvalue weighted by Crippen LogP contribution is 2.40. The molecule has 1 aliphatic carbocycles. The lowest BCUT2D eigenvalue weighted by atomic mass is 9.75. The summed E-state index contributed by atoms with van der Waals surface area (Å²) < 4.78 is 16.8. The smallest absolute Gasteiger partial charge is 0.0963 e. The maximum absolute atomic E-state index is 11.7. The van der Waals surface area contributed by atoms with Gasteiger partial charge in [-0.2, -0.15) is 0 Å². The van der Waals surface area contributed by atoms with E-state index in [9.17, 15) is 4.21 Å². The van der Waals surface area contributed by atoms with E-state index in [1.807, 2.05) is 36.2 Å². The third-order valence-electron chi connectivity index (χ3n) is 6.72. The summed E-state index contributed by atoms with van der Waals surface area (Å²) in [6.07, 6.45) is 10.4. The highest BCUT2D eigenvalue weighted by molar-refractivity contribution is 7.99. The number of piperidine rings is 1. The van der Waals surface area contributed by atoms with Crippen molar-refractivity contribution < 1.29 is 4.21 Å². The zero-order valence-corrected chi connectivity index (χ0v) is 20.4. The molecule has 2 atom stereocenters. The van der Waals surface area contributed by atoms with Crippen LogP contribution >= 0.6 is 23.9 Å². The standard InChI is InChI=1S/C22H36N4OS3/c23-14-18-6-7-24-22(13-18)28-17-19-12-21(20-4-2-1-3-5-20)16-26(15-19)29-25-8-10-30(27)11-9-25/h6-7,13,19-21H,1-5,8-12,14-17,23H2. The van der Waals surface area contributed by atoms with Crippen LogP contribution in [0, 0.1) is 17.8 Å². The number of aromatic nitrogens is 1. The minimum atomic E-state index is -0.605. The van der Waals surface area contributed by atoms with Gasteiger partial charge < -0.3 is 5.73 Å². The Bertz CT molecular complexity index is 691. The summed E-state index contributed by atoms with van der Waals surface area (Å²) in [6.45, 7) is 4.86. The average molecular weight is 469 g/mol. The first-order valence-corrected chi connectivity index (χ1v) is 14.7. The van der Waals surface area contributed by atoms with Crippen LogP contribution in [0.3, 0.4) is 0 Å². The van der Waals surface area contributed by atoms with Gasteiger partial charge in [0.15, 0.2) is 0 Å². The van der Waals surface area contributed by atoms with Gasteiger partial charge in [0, 0.05) is 79.1 Å². The van der Waals surface area contributed by atoms with Crippen LogP contribution in [0.25, 0.3) is 0 Å². The predicted octanol–water partition coefficient (Wildman–Crippen LogP) is 3.78. The molecule has 8 heteroatoms. The van der Waals surface area contributed by atoms with Gasteiger partial charge in [0.2, 0.25) is 0 Å². The highest BCUT2D eigenvalue weighted by Gasteiger charge is 2.34. The molecule has 1 saturated carbocycles. The number of nitrogens with two attached hydrogens (primary N) is 1. The number of hydrogen-bond acceptors (Lipinski definition) is 7. The van der Waals surface area contributed by atoms with Gasteiger partial charge in [-0.25, -0.2) is 13.6 Å². The van der Waals surface area contributed by atoms with Crippen LogP contribution in [0.4, 0.5) is 0 Å². The Morgan fingerprint density at radius 1 is 1.10 bits per heavy atom. The minimum Gasteiger partial charge on any atom is -0.326 e. The van der Waals surface area contributed by atoms with Crippen LogP contribution in [0.5, 0.6) is 0 Å². The van der Waals surface area contributed by atoms with E-state index in [2.05, 4.69) is 19.7 Å². The first kappa shape index (κ1) is 23.1. The second-order valence-corrected chi connectivity index (χ2v) is 12.9. The van der Waals surface area contributed by atoms with Gasteiger partial charge in [-0.05, 0) is 41.9 Å². The lowest BCUT2D eigenvalue weighted by Gasteiger charge is -2.43. The molecule has 2 unspecified atom stereocenters. The molecule has 2 N–H and O–H groups in total. The van der Waals surface area contributed by atoms with Crippen molar-refractivity contribution in [3.8, 4) is 0 Å². The summed E-state index contributed by atoms with van der Waals surface area (Å²) >= 11 is 3.83. The van der Waals surface area contributed by atoms with Gasteiger partial charge >= 0.3 is 0 Å². The molecule has 168 valence electrons. The van der Waals surface area contributed by atoms with Gasteiger partial charge in [-0.3, -0.25) is 4.21 Å². The molecule has 3 aliphatic rings. The van der Waals surface area contributed by atoms with Gasteiger partial charge in [-0.1, -0.05) is 32.1 Å². The Labute approximate surface area is 193 Å². The van der Waals surface area contributed by atoms with Crippen molar-refractivity contribution in [1.29, 1.82) is 0 Å². The van der Waals surface area contributed by atoms with E-state index in [0.717, 1.165) is 59.3 Å². The van der Waals surface area contributed by atoms with Crippen LogP contribution in [-0.2, 0) is 17.3 Å². The summed E-state index contributed by atoms with van der Waals surface area (Å²) in [7, 11) is -0.605. The van der Waals surface area contributed by atoms with Crippen LogP contribution in [0.15, 0.2) is 23.4 Å². The first-order valence-electron chi connectivity index (χ1n) is 11.5. The second kappa shape index (κ2) is 11.7. The average Bonchev–Trinajstić information content (AvgIpc) is 2.80. The van der Waals surface area contributed by atoms with Crippen molar-refractivity contribution in [1.82, 2.24) is 13.6 Å². The number of hydrogen-bond donors (Lipinski definition) is 1. The van der Waals surface area contributed by atoms with Crippen molar-refractivity contribution in [3.63, 3.8) is 0 Å². The maximum atomic E-state index is 11.7. The Morgan fingerprint density at radius 2 is 1.90 bits per heavy atom. The largest absolute Gasteiger partial charge is 0.326 e. The van der Waals surface area contributed by atoms with Crippen molar-refractivity contribution in [2.45, 2.75) is 50.1 Å². The van der Waals surface area contributed by atoms with E-state index in [4.69, 9.17) is 5.73 Å². The lowest BCUT2D eigenvalue weighted by molar-refractivity contribution is 0.138. The van der Waals surface area contributed by atoms with E-state index in [-0.39, 0.29) is 0 Å². The number of nitrogens with zero attached hydrogens (tertiary/aromatic N) is 3. The predicted molar refractivity (Wildman–Crippen MR) is 130 cm³/mol. The normalized spacial score (nSPS) is 28.0. The van der Waals surface area contributed by atoms with E-state index >= 15 is 0 Å². The fourth-order valence-corrected chi connectivity index (χ4v) is 8.57. The fraction of sp³-hybridized carbons (Fsp3) is 0.773. The van der Waals surface area contributed by atoms with Gasteiger partial charge in [0.05, 0.1) is 5.03 Å². The Morgan fingerprint density at radius 3 is 2.67 bits per heavy atom. The molecule has 5 nitrogen and oxygen atoms in total. The Hall–Kier alpha value is -0.120. The molecule has 0 amide bonds. The van der Waals surface area contributed by atoms with Crippen LogP contribution in [-0.4, -0.2) is 61.2 Å². The zero-order chi connectivity index (χ0) is 20.8. The minimum absolute atomic E-state index is 0.578. The molecule has 1 aromatic heterocycles. The fourth-order valence-electron chi connectivity index (χ4n) is 5.06. The van der Waals surface area contributed by atoms with E-state index in [0.29, 0.717) is 12.5 Å². The third kappa shape index (κ3) is 6.69. The van der Waals surface area contributed by atoms with Gasteiger partial charge in [0.1, 0.15) is 0 Å². The lowest BCUT2D eigenvalue weighted by Crippen LogP contribution is -2.44. The molecule has 3 fully saturated rings. The molecule has 0 bridgehead atoms. The summed E-state index contributed by atoms with van der Waals surface area (Å²) in [5.74, 6) is 5.21. The Balaban J connectivity index is 1.37. The van der Waals surface area contributed by atoms with E-state index in [1.165, 1.54) is 45.1 Å². The Kier molecular flexibility index (Phi) is 8.96. The quantitative estimate of drug-likeness (QED) is 0.483. The monoisotopic (exact) mass is 468 g/mol. The van der Waals surface area contributed by atoms with Crippen molar-refractivity contribution in [2.24, 2.45) is 23.5 Å². The van der Waals surface area contributed by atoms with Crippen LogP contribution in [0.1, 0.15) is 44.1 Å². The van der Waals surface area contributed by atoms with Gasteiger partial charge in [-0.15, -0.1) is 11.8 Å². The first-order chi connectivity index (χ1) is 14.7. The molecule has 30 heavy (non-hydrogen) atoms. The molecular formula is C22H36N4OS3.